The smallest absolute Gasteiger partial charge is 0.419 e. The second-order valence-corrected chi connectivity index (χ2v) is 8.17. The number of likely N-dealkylation sites (N-methyl/N-ethyl adjacent to an activating group) is 1. The van der Waals surface area contributed by atoms with E-state index in [0.717, 1.165) is 11.1 Å². The fourth-order valence-corrected chi connectivity index (χ4v) is 4.22. The topological polar surface area (TPSA) is 76.3 Å². The van der Waals surface area contributed by atoms with Crippen LogP contribution < -0.4 is 4.90 Å². The maximum absolute atomic E-state index is 14.7. The molecule has 3 heterocycles. The summed E-state index contributed by atoms with van der Waals surface area (Å²) >= 11 is 0. The Hall–Kier alpha value is -3.80. The van der Waals surface area contributed by atoms with Crippen LogP contribution in [0.4, 0.5) is 27.9 Å². The van der Waals surface area contributed by atoms with Crippen molar-refractivity contribution in [3.8, 4) is 17.0 Å². The van der Waals surface area contributed by atoms with Crippen molar-refractivity contribution in [3.05, 3.63) is 64.9 Å². The molecular formula is C23H18F5N5O2. The van der Waals surface area contributed by atoms with Crippen LogP contribution in [0.2, 0.25) is 0 Å². The number of phenolic OH excluding ortho intramolecular Hbond substituents is 1. The van der Waals surface area contributed by atoms with Gasteiger partial charge in [0, 0.05) is 25.9 Å². The molecule has 35 heavy (non-hydrogen) atoms. The number of ether oxygens (including phenoxy) is 1. The van der Waals surface area contributed by atoms with E-state index in [1.807, 2.05) is 24.3 Å². The summed E-state index contributed by atoms with van der Waals surface area (Å²) in [5.74, 6) is -5.10. The number of benzene rings is 2. The minimum Gasteiger partial charge on any atom is -0.503 e. The normalized spacial score (nSPS) is 15.9. The molecule has 0 radical (unpaired) electrons. The van der Waals surface area contributed by atoms with E-state index < -0.39 is 34.7 Å². The highest BCUT2D eigenvalue weighted by atomic mass is 19.4. The highest BCUT2D eigenvalue weighted by molar-refractivity contribution is 5.91. The van der Waals surface area contributed by atoms with Crippen LogP contribution in [0.5, 0.6) is 5.75 Å². The Labute approximate surface area is 195 Å². The summed E-state index contributed by atoms with van der Waals surface area (Å²) in [7, 11) is 3.26. The van der Waals surface area contributed by atoms with Crippen LogP contribution in [-0.2, 0) is 24.6 Å². The molecule has 1 aliphatic heterocycles. The van der Waals surface area contributed by atoms with Crippen LogP contribution in [0.3, 0.4) is 0 Å². The summed E-state index contributed by atoms with van der Waals surface area (Å²) in [5.41, 5.74) is -0.495. The van der Waals surface area contributed by atoms with E-state index in [0.29, 0.717) is 13.2 Å². The summed E-state index contributed by atoms with van der Waals surface area (Å²) in [6.45, 7) is 0.882. The molecule has 5 rings (SSSR count). The zero-order chi connectivity index (χ0) is 25.1. The molecule has 182 valence electrons. The molecule has 0 saturated carbocycles. The van der Waals surface area contributed by atoms with Gasteiger partial charge in [-0.1, -0.05) is 24.3 Å². The Balaban J connectivity index is 1.60. The average molecular weight is 491 g/mol. The van der Waals surface area contributed by atoms with Gasteiger partial charge in [-0.05, 0) is 17.2 Å². The molecular weight excluding hydrogens is 473 g/mol. The first-order valence-electron chi connectivity index (χ1n) is 10.4. The Kier molecular flexibility index (Phi) is 5.35. The summed E-state index contributed by atoms with van der Waals surface area (Å²) in [4.78, 5) is 10.6. The van der Waals surface area contributed by atoms with Gasteiger partial charge in [-0.15, -0.1) is 0 Å². The van der Waals surface area contributed by atoms with Crippen LogP contribution in [0.1, 0.15) is 22.7 Å². The zero-order valence-corrected chi connectivity index (χ0v) is 18.4. The number of hydrogen-bond acceptors (Lipinski definition) is 6. The number of alkyl halides is 3. The van der Waals surface area contributed by atoms with Crippen molar-refractivity contribution in [3.63, 3.8) is 0 Å². The minimum absolute atomic E-state index is 0.128. The largest absolute Gasteiger partial charge is 0.503 e. The maximum Gasteiger partial charge on any atom is 0.419 e. The van der Waals surface area contributed by atoms with Gasteiger partial charge in [0.05, 0.1) is 30.2 Å². The fraction of sp³-hybridized carbons (Fsp3) is 0.261. The minimum atomic E-state index is -5.15. The van der Waals surface area contributed by atoms with Gasteiger partial charge in [-0.3, -0.25) is 0 Å². The van der Waals surface area contributed by atoms with E-state index in [2.05, 4.69) is 15.1 Å². The standard InChI is InChI=1S/C23H18F5N5O2/c1-32(16-10-35-9-11-5-3-4-6-12(11)16)22-29-8-14-19(31-33(2)21(14)30-22)13-7-15(23(26,27)28)18(25)20(34)17(13)24/h3-8,16,34H,9-10H2,1-2H3. The highest BCUT2D eigenvalue weighted by Crippen LogP contribution is 2.41. The van der Waals surface area contributed by atoms with Crippen LogP contribution in [0.25, 0.3) is 22.3 Å². The van der Waals surface area contributed by atoms with Crippen LogP contribution in [0.15, 0.2) is 36.5 Å². The van der Waals surface area contributed by atoms with Crippen molar-refractivity contribution >= 4 is 17.0 Å². The molecule has 0 amide bonds. The van der Waals surface area contributed by atoms with E-state index in [-0.39, 0.29) is 34.8 Å². The number of halogens is 5. The van der Waals surface area contributed by atoms with Gasteiger partial charge in [0.2, 0.25) is 5.95 Å². The van der Waals surface area contributed by atoms with Crippen molar-refractivity contribution in [2.24, 2.45) is 7.05 Å². The molecule has 1 N–H and O–H groups in total. The summed E-state index contributed by atoms with van der Waals surface area (Å²) < 4.78 is 75.3. The van der Waals surface area contributed by atoms with E-state index >= 15 is 0 Å². The summed E-state index contributed by atoms with van der Waals surface area (Å²) in [6.07, 6.45) is -3.85. The Bertz CT molecular complexity index is 1450. The number of phenols is 1. The summed E-state index contributed by atoms with van der Waals surface area (Å²) in [6, 6.07) is 7.88. The van der Waals surface area contributed by atoms with Crippen molar-refractivity contribution in [1.82, 2.24) is 19.7 Å². The van der Waals surface area contributed by atoms with Crippen molar-refractivity contribution in [2.75, 3.05) is 18.6 Å². The molecule has 0 spiro atoms. The molecule has 12 heteroatoms. The van der Waals surface area contributed by atoms with Crippen molar-refractivity contribution in [1.29, 1.82) is 0 Å². The zero-order valence-electron chi connectivity index (χ0n) is 18.4. The number of fused-ring (bicyclic) bond motifs is 2. The monoisotopic (exact) mass is 491 g/mol. The van der Waals surface area contributed by atoms with E-state index in [4.69, 9.17) is 4.74 Å². The van der Waals surface area contributed by atoms with Crippen LogP contribution >= 0.6 is 0 Å². The SMILES string of the molecule is CN(c1ncc2c(-c3cc(C(F)(F)F)c(F)c(O)c3F)nn(C)c2n1)C1COCc2ccccc21. The third-order valence-electron chi connectivity index (χ3n) is 6.04. The lowest BCUT2D eigenvalue weighted by Crippen LogP contribution is -2.32. The molecule has 2 aromatic heterocycles. The molecule has 0 aliphatic carbocycles. The predicted octanol–water partition coefficient (Wildman–Crippen LogP) is 4.74. The molecule has 1 atom stereocenters. The first kappa shape index (κ1) is 23.0. The lowest BCUT2D eigenvalue weighted by molar-refractivity contribution is -0.140. The molecule has 0 fully saturated rings. The quantitative estimate of drug-likeness (QED) is 0.418. The molecule has 0 bridgehead atoms. The molecule has 4 aromatic rings. The average Bonchev–Trinajstić information content (AvgIpc) is 3.16. The third kappa shape index (κ3) is 3.73. The molecule has 2 aromatic carbocycles. The van der Waals surface area contributed by atoms with Gasteiger partial charge in [0.15, 0.2) is 23.0 Å². The third-order valence-corrected chi connectivity index (χ3v) is 6.04. The second-order valence-electron chi connectivity index (χ2n) is 8.17. The first-order valence-corrected chi connectivity index (χ1v) is 10.4. The van der Waals surface area contributed by atoms with E-state index in [1.165, 1.54) is 17.9 Å². The maximum atomic E-state index is 14.7. The Morgan fingerprint density at radius 2 is 1.91 bits per heavy atom. The number of rotatable bonds is 3. The van der Waals surface area contributed by atoms with Gasteiger partial charge in [-0.25, -0.2) is 18.4 Å². The summed E-state index contributed by atoms with van der Waals surface area (Å²) in [5, 5.41) is 13.9. The molecule has 1 unspecified atom stereocenters. The fourth-order valence-electron chi connectivity index (χ4n) is 4.22. The first-order chi connectivity index (χ1) is 16.6. The van der Waals surface area contributed by atoms with Gasteiger partial charge in [0.1, 0.15) is 5.69 Å². The number of hydrogen-bond donors (Lipinski definition) is 1. The number of aromatic nitrogens is 4. The van der Waals surface area contributed by atoms with Crippen molar-refractivity contribution in [2.45, 2.75) is 18.8 Å². The lowest BCUT2D eigenvalue weighted by Gasteiger charge is -2.33. The number of nitrogens with zero attached hydrogens (tertiary/aromatic N) is 5. The van der Waals surface area contributed by atoms with Gasteiger partial charge >= 0.3 is 6.18 Å². The predicted molar refractivity (Wildman–Crippen MR) is 116 cm³/mol. The van der Waals surface area contributed by atoms with Gasteiger partial charge in [0.25, 0.3) is 0 Å². The highest BCUT2D eigenvalue weighted by Gasteiger charge is 2.38. The Morgan fingerprint density at radius 1 is 1.17 bits per heavy atom. The number of aromatic hydroxyl groups is 1. The molecule has 1 aliphatic rings. The lowest BCUT2D eigenvalue weighted by atomic mass is 9.98. The molecule has 7 nitrogen and oxygen atoms in total. The Morgan fingerprint density at radius 3 is 2.66 bits per heavy atom. The number of aryl methyl sites for hydroxylation is 1. The number of anilines is 1. The van der Waals surface area contributed by atoms with Crippen molar-refractivity contribution < 1.29 is 31.8 Å². The van der Waals surface area contributed by atoms with Gasteiger partial charge in [-0.2, -0.15) is 23.3 Å². The van der Waals surface area contributed by atoms with Crippen LogP contribution in [-0.4, -0.2) is 38.5 Å². The molecule has 0 saturated heterocycles. The van der Waals surface area contributed by atoms with E-state index in [1.54, 1.807) is 11.9 Å². The van der Waals surface area contributed by atoms with E-state index in [9.17, 15) is 27.1 Å². The van der Waals surface area contributed by atoms with Crippen LogP contribution in [0, 0.1) is 11.6 Å². The van der Waals surface area contributed by atoms with Gasteiger partial charge < -0.3 is 14.7 Å². The second kappa shape index (κ2) is 8.15.